The van der Waals surface area contributed by atoms with Crippen LogP contribution in [0.3, 0.4) is 0 Å². The average Bonchev–Trinajstić information content (AvgIpc) is 3.07. The van der Waals surface area contributed by atoms with E-state index in [0.717, 1.165) is 4.90 Å². The lowest BCUT2D eigenvalue weighted by Gasteiger charge is -2.17. The SMILES string of the molecule is COc1ccc(S(=O)(=O)CCC(=O)Nc2ccc(N3C(=O)c4ccc(Cl)cc4C3=O)c(C)c2)cc1. The second-order valence-electron chi connectivity index (χ2n) is 7.93. The molecule has 0 aromatic heterocycles. The van der Waals surface area contributed by atoms with Crippen molar-refractivity contribution < 1.29 is 27.5 Å². The summed E-state index contributed by atoms with van der Waals surface area (Å²) < 4.78 is 30.0. The number of nitrogens with one attached hydrogen (secondary N) is 1. The van der Waals surface area contributed by atoms with Gasteiger partial charge < -0.3 is 10.1 Å². The van der Waals surface area contributed by atoms with E-state index in [1.165, 1.54) is 31.4 Å². The fraction of sp³-hybridized carbons (Fsp3) is 0.160. The third-order valence-corrected chi connectivity index (χ3v) is 7.55. The molecule has 0 atom stereocenters. The fourth-order valence-electron chi connectivity index (χ4n) is 3.77. The summed E-state index contributed by atoms with van der Waals surface area (Å²) in [6.07, 6.45) is -0.242. The van der Waals surface area contributed by atoms with Gasteiger partial charge in [0.05, 0.1) is 34.6 Å². The van der Waals surface area contributed by atoms with Gasteiger partial charge in [-0.2, -0.15) is 0 Å². The summed E-state index contributed by atoms with van der Waals surface area (Å²) in [5, 5.41) is 3.02. The number of carbonyl (C=O) groups is 3. The molecule has 1 aliphatic heterocycles. The van der Waals surface area contributed by atoms with Gasteiger partial charge in [0.25, 0.3) is 11.8 Å². The lowest BCUT2D eigenvalue weighted by atomic mass is 10.1. The van der Waals surface area contributed by atoms with E-state index in [2.05, 4.69) is 5.32 Å². The number of carbonyl (C=O) groups excluding carboxylic acids is 3. The van der Waals surface area contributed by atoms with Gasteiger partial charge in [0.2, 0.25) is 5.91 Å². The largest absolute Gasteiger partial charge is 0.497 e. The first-order valence-corrected chi connectivity index (χ1v) is 12.6. The first-order chi connectivity index (χ1) is 16.6. The summed E-state index contributed by atoms with van der Waals surface area (Å²) in [5.74, 6) is -1.24. The lowest BCUT2D eigenvalue weighted by molar-refractivity contribution is -0.115. The molecule has 0 bridgehead atoms. The molecule has 0 saturated carbocycles. The molecule has 0 radical (unpaired) electrons. The smallest absolute Gasteiger partial charge is 0.266 e. The summed E-state index contributed by atoms with van der Waals surface area (Å²) in [4.78, 5) is 39.2. The maximum absolute atomic E-state index is 12.8. The number of methoxy groups -OCH3 is 1. The quantitative estimate of drug-likeness (QED) is 0.474. The molecule has 4 rings (SSSR count). The van der Waals surface area contributed by atoms with E-state index in [1.807, 2.05) is 0 Å². The third kappa shape index (κ3) is 4.91. The Morgan fingerprint density at radius 2 is 1.66 bits per heavy atom. The van der Waals surface area contributed by atoms with E-state index in [9.17, 15) is 22.8 Å². The molecule has 0 unspecified atom stereocenters. The molecule has 1 N–H and O–H groups in total. The highest BCUT2D eigenvalue weighted by Crippen LogP contribution is 2.33. The van der Waals surface area contributed by atoms with Crippen molar-refractivity contribution in [1.82, 2.24) is 0 Å². The van der Waals surface area contributed by atoms with Crippen molar-refractivity contribution in [3.63, 3.8) is 0 Å². The molecule has 8 nitrogen and oxygen atoms in total. The highest BCUT2D eigenvalue weighted by atomic mass is 35.5. The zero-order valence-electron chi connectivity index (χ0n) is 18.9. The third-order valence-electron chi connectivity index (χ3n) is 5.59. The fourth-order valence-corrected chi connectivity index (χ4v) is 5.18. The number of benzene rings is 3. The van der Waals surface area contributed by atoms with Gasteiger partial charge in [0.15, 0.2) is 9.84 Å². The number of fused-ring (bicyclic) bond motifs is 1. The van der Waals surface area contributed by atoms with Gasteiger partial charge in [-0.05, 0) is 73.2 Å². The van der Waals surface area contributed by atoms with E-state index in [4.69, 9.17) is 16.3 Å². The number of hydrogen-bond donors (Lipinski definition) is 1. The number of halogens is 1. The summed E-state index contributed by atoms with van der Waals surface area (Å²) in [6.45, 7) is 1.70. The van der Waals surface area contributed by atoms with Crippen LogP contribution in [0.1, 0.15) is 32.7 Å². The van der Waals surface area contributed by atoms with Crippen LogP contribution in [0, 0.1) is 6.92 Å². The molecule has 3 amide bonds. The minimum Gasteiger partial charge on any atom is -0.497 e. The predicted molar refractivity (Wildman–Crippen MR) is 132 cm³/mol. The Morgan fingerprint density at radius 1 is 0.971 bits per heavy atom. The Morgan fingerprint density at radius 3 is 2.31 bits per heavy atom. The van der Waals surface area contributed by atoms with Crippen molar-refractivity contribution in [2.24, 2.45) is 0 Å². The zero-order chi connectivity index (χ0) is 25.3. The predicted octanol–water partition coefficient (Wildman–Crippen LogP) is 4.26. The van der Waals surface area contributed by atoms with E-state index in [1.54, 1.807) is 43.3 Å². The van der Waals surface area contributed by atoms with Crippen LogP contribution in [0.15, 0.2) is 65.6 Å². The number of hydrogen-bond acceptors (Lipinski definition) is 6. The van der Waals surface area contributed by atoms with E-state index in [0.29, 0.717) is 27.7 Å². The van der Waals surface area contributed by atoms with Crippen LogP contribution < -0.4 is 15.0 Å². The first-order valence-electron chi connectivity index (χ1n) is 10.6. The molecule has 180 valence electrons. The number of amides is 3. The minimum atomic E-state index is -3.65. The van der Waals surface area contributed by atoms with Gasteiger partial charge in [-0.15, -0.1) is 0 Å². The van der Waals surface area contributed by atoms with Crippen LogP contribution >= 0.6 is 11.6 Å². The summed E-state index contributed by atoms with van der Waals surface area (Å²) >= 11 is 5.97. The molecule has 0 saturated heterocycles. The number of sulfone groups is 1. The molecular weight excluding hydrogens is 492 g/mol. The molecule has 10 heteroatoms. The van der Waals surface area contributed by atoms with Crippen LogP contribution in [-0.2, 0) is 14.6 Å². The number of anilines is 2. The van der Waals surface area contributed by atoms with E-state index < -0.39 is 27.6 Å². The van der Waals surface area contributed by atoms with Crippen LogP contribution in [0.25, 0.3) is 0 Å². The molecule has 35 heavy (non-hydrogen) atoms. The topological polar surface area (TPSA) is 110 Å². The monoisotopic (exact) mass is 512 g/mol. The molecule has 3 aromatic carbocycles. The van der Waals surface area contributed by atoms with Crippen molar-refractivity contribution in [3.8, 4) is 5.75 Å². The maximum Gasteiger partial charge on any atom is 0.266 e. The Labute approximate surface area is 207 Å². The van der Waals surface area contributed by atoms with Crippen molar-refractivity contribution in [2.45, 2.75) is 18.2 Å². The number of rotatable bonds is 7. The first kappa shape index (κ1) is 24.4. The zero-order valence-corrected chi connectivity index (χ0v) is 20.4. The second kappa shape index (κ2) is 9.52. The number of imide groups is 1. The molecule has 0 fully saturated rings. The maximum atomic E-state index is 12.8. The van der Waals surface area contributed by atoms with Crippen LogP contribution in [0.4, 0.5) is 11.4 Å². The summed E-state index contributed by atoms with van der Waals surface area (Å²) in [5.41, 5.74) is 1.88. The number of nitrogens with zero attached hydrogens (tertiary/aromatic N) is 1. The van der Waals surface area contributed by atoms with Crippen molar-refractivity contribution in [1.29, 1.82) is 0 Å². The lowest BCUT2D eigenvalue weighted by Crippen LogP contribution is -2.30. The van der Waals surface area contributed by atoms with Gasteiger partial charge in [0, 0.05) is 17.1 Å². The Hall–Kier alpha value is -3.69. The Balaban J connectivity index is 1.43. The van der Waals surface area contributed by atoms with Gasteiger partial charge in [0.1, 0.15) is 5.75 Å². The minimum absolute atomic E-state index is 0.105. The van der Waals surface area contributed by atoms with Crippen LogP contribution in [-0.4, -0.2) is 39.0 Å². The van der Waals surface area contributed by atoms with Crippen molar-refractivity contribution in [2.75, 3.05) is 23.1 Å². The second-order valence-corrected chi connectivity index (χ2v) is 10.5. The Bertz CT molecular complexity index is 1450. The standard InChI is InChI=1S/C25H21ClN2O6S/c1-15-13-17(27-23(29)11-12-35(32,33)19-7-5-18(34-2)6-8-19)4-10-22(15)28-24(30)20-9-3-16(26)14-21(20)25(28)31/h3-10,13-14H,11-12H2,1-2H3,(H,27,29). The molecule has 1 aliphatic rings. The van der Waals surface area contributed by atoms with Crippen LogP contribution in [0.2, 0.25) is 5.02 Å². The van der Waals surface area contributed by atoms with Crippen LogP contribution in [0.5, 0.6) is 5.75 Å². The van der Waals surface area contributed by atoms with E-state index >= 15 is 0 Å². The van der Waals surface area contributed by atoms with Gasteiger partial charge >= 0.3 is 0 Å². The number of aryl methyl sites for hydroxylation is 1. The van der Waals surface area contributed by atoms with Gasteiger partial charge in [-0.25, -0.2) is 13.3 Å². The molecule has 1 heterocycles. The highest BCUT2D eigenvalue weighted by molar-refractivity contribution is 7.91. The normalized spacial score (nSPS) is 13.1. The molecular formula is C25H21ClN2O6S. The van der Waals surface area contributed by atoms with Crippen molar-refractivity contribution in [3.05, 3.63) is 82.4 Å². The molecule has 0 aliphatic carbocycles. The van der Waals surface area contributed by atoms with Crippen molar-refractivity contribution >= 4 is 50.5 Å². The average molecular weight is 513 g/mol. The van der Waals surface area contributed by atoms with Gasteiger partial charge in [-0.1, -0.05) is 11.6 Å². The van der Waals surface area contributed by atoms with E-state index in [-0.39, 0.29) is 28.2 Å². The highest BCUT2D eigenvalue weighted by Gasteiger charge is 2.37. The Kier molecular flexibility index (Phi) is 6.64. The van der Waals surface area contributed by atoms with Gasteiger partial charge in [-0.3, -0.25) is 14.4 Å². The number of ether oxygens (including phenoxy) is 1. The molecule has 3 aromatic rings. The molecule has 0 spiro atoms. The summed E-state index contributed by atoms with van der Waals surface area (Å²) in [6, 6.07) is 15.2. The summed E-state index contributed by atoms with van der Waals surface area (Å²) in [7, 11) is -2.16.